The minimum atomic E-state index is -4.41. The number of aromatic nitrogens is 1. The van der Waals surface area contributed by atoms with Gasteiger partial charge in [-0.05, 0) is 40.5 Å². The van der Waals surface area contributed by atoms with Crippen LogP contribution in [0.25, 0.3) is 10.9 Å². The first-order valence-electron chi connectivity index (χ1n) is 5.17. The van der Waals surface area contributed by atoms with Crippen molar-refractivity contribution in [3.63, 3.8) is 0 Å². The topological polar surface area (TPSA) is 14.2 Å². The van der Waals surface area contributed by atoms with Gasteiger partial charge in [0, 0.05) is 12.4 Å². The third-order valence-corrected chi connectivity index (χ3v) is 3.63. The van der Waals surface area contributed by atoms with E-state index >= 15 is 0 Å². The van der Waals surface area contributed by atoms with Crippen LogP contribution >= 0.6 is 15.9 Å². The lowest BCUT2D eigenvalue weighted by Crippen LogP contribution is -2.11. The molecule has 6 heteroatoms. The standard InChI is InChI=1S/C12H11BrF3NO/c1-6-4-7-9(13)11(12(14,15)16)17(2)10(7)8(5-6)18-3/h4-5H,1-3H3. The second-order valence-corrected chi connectivity index (χ2v) is 4.88. The second kappa shape index (κ2) is 4.19. The van der Waals surface area contributed by atoms with Crippen LogP contribution in [0, 0.1) is 6.92 Å². The molecule has 0 unspecified atom stereocenters. The first-order valence-corrected chi connectivity index (χ1v) is 5.96. The molecule has 0 amide bonds. The molecule has 0 saturated heterocycles. The van der Waals surface area contributed by atoms with Crippen LogP contribution in [0.15, 0.2) is 16.6 Å². The summed E-state index contributed by atoms with van der Waals surface area (Å²) in [6.07, 6.45) is -4.41. The molecule has 1 aromatic carbocycles. The van der Waals surface area contributed by atoms with Gasteiger partial charge < -0.3 is 9.30 Å². The summed E-state index contributed by atoms with van der Waals surface area (Å²) in [5.74, 6) is 0.434. The summed E-state index contributed by atoms with van der Waals surface area (Å²) in [7, 11) is 2.83. The maximum absolute atomic E-state index is 13.0. The molecule has 0 fully saturated rings. The summed E-state index contributed by atoms with van der Waals surface area (Å²) in [5, 5.41) is 0.502. The van der Waals surface area contributed by atoms with Gasteiger partial charge in [0.25, 0.3) is 0 Å². The maximum atomic E-state index is 13.0. The molecule has 1 heterocycles. The predicted molar refractivity (Wildman–Crippen MR) is 66.9 cm³/mol. The highest BCUT2D eigenvalue weighted by Gasteiger charge is 2.38. The van der Waals surface area contributed by atoms with Gasteiger partial charge in [-0.25, -0.2) is 0 Å². The molecule has 0 saturated carbocycles. The van der Waals surface area contributed by atoms with Crippen molar-refractivity contribution in [3.05, 3.63) is 27.9 Å². The number of aryl methyl sites for hydroxylation is 2. The Morgan fingerprint density at radius 3 is 2.39 bits per heavy atom. The molecule has 2 aromatic rings. The van der Waals surface area contributed by atoms with Crippen LogP contribution in [0.4, 0.5) is 13.2 Å². The number of hydrogen-bond acceptors (Lipinski definition) is 1. The number of halogens is 4. The Hall–Kier alpha value is -1.17. The molecule has 0 aliphatic carbocycles. The lowest BCUT2D eigenvalue weighted by Gasteiger charge is -2.10. The highest BCUT2D eigenvalue weighted by atomic mass is 79.9. The fraction of sp³-hybridized carbons (Fsp3) is 0.333. The Kier molecular flexibility index (Phi) is 3.09. The second-order valence-electron chi connectivity index (χ2n) is 4.08. The zero-order valence-corrected chi connectivity index (χ0v) is 11.6. The molecule has 98 valence electrons. The number of fused-ring (bicyclic) bond motifs is 1. The van der Waals surface area contributed by atoms with E-state index in [1.807, 2.05) is 6.92 Å². The largest absolute Gasteiger partial charge is 0.495 e. The van der Waals surface area contributed by atoms with Crippen molar-refractivity contribution in [3.8, 4) is 5.75 Å². The normalized spacial score (nSPS) is 12.2. The van der Waals surface area contributed by atoms with Crippen molar-refractivity contribution >= 4 is 26.8 Å². The van der Waals surface area contributed by atoms with Crippen LogP contribution < -0.4 is 4.74 Å². The van der Waals surface area contributed by atoms with Gasteiger partial charge in [-0.3, -0.25) is 0 Å². The van der Waals surface area contributed by atoms with Crippen molar-refractivity contribution in [1.29, 1.82) is 0 Å². The van der Waals surface area contributed by atoms with Crippen molar-refractivity contribution < 1.29 is 17.9 Å². The summed E-state index contributed by atoms with van der Waals surface area (Å²) in [6.45, 7) is 1.81. The van der Waals surface area contributed by atoms with E-state index in [1.165, 1.54) is 14.2 Å². The minimum Gasteiger partial charge on any atom is -0.495 e. The lowest BCUT2D eigenvalue weighted by molar-refractivity contribution is -0.143. The zero-order valence-electron chi connectivity index (χ0n) is 10.0. The number of benzene rings is 1. The number of rotatable bonds is 1. The van der Waals surface area contributed by atoms with Crippen LogP contribution in [0.2, 0.25) is 0 Å². The molecular formula is C12H11BrF3NO. The van der Waals surface area contributed by atoms with E-state index < -0.39 is 11.9 Å². The number of alkyl halides is 3. The van der Waals surface area contributed by atoms with Gasteiger partial charge >= 0.3 is 6.18 Å². The van der Waals surface area contributed by atoms with Crippen molar-refractivity contribution in [2.24, 2.45) is 7.05 Å². The number of nitrogens with zero attached hydrogens (tertiary/aromatic N) is 1. The molecule has 0 aliphatic heterocycles. The maximum Gasteiger partial charge on any atom is 0.432 e. The first kappa shape index (κ1) is 13.3. The molecule has 0 spiro atoms. The van der Waals surface area contributed by atoms with Crippen LogP contribution in [-0.2, 0) is 13.2 Å². The van der Waals surface area contributed by atoms with E-state index in [0.717, 1.165) is 10.1 Å². The monoisotopic (exact) mass is 321 g/mol. The quantitative estimate of drug-likeness (QED) is 0.764. The van der Waals surface area contributed by atoms with E-state index in [-0.39, 0.29) is 4.47 Å². The highest BCUT2D eigenvalue weighted by molar-refractivity contribution is 9.10. The fourth-order valence-electron chi connectivity index (χ4n) is 2.12. The molecule has 0 aliphatic rings. The van der Waals surface area contributed by atoms with E-state index in [0.29, 0.717) is 16.7 Å². The molecule has 0 bridgehead atoms. The molecular weight excluding hydrogens is 311 g/mol. The van der Waals surface area contributed by atoms with Gasteiger partial charge in [-0.2, -0.15) is 13.2 Å². The summed E-state index contributed by atoms with van der Waals surface area (Å²) in [4.78, 5) is 0. The van der Waals surface area contributed by atoms with Crippen molar-refractivity contribution in [2.75, 3.05) is 7.11 Å². The number of ether oxygens (including phenoxy) is 1. The Labute approximate surface area is 110 Å². The molecule has 18 heavy (non-hydrogen) atoms. The third kappa shape index (κ3) is 1.88. The summed E-state index contributed by atoms with van der Waals surface area (Å²) >= 11 is 3.04. The zero-order chi connectivity index (χ0) is 13.7. The lowest BCUT2D eigenvalue weighted by atomic mass is 10.1. The van der Waals surface area contributed by atoms with Crippen molar-refractivity contribution in [2.45, 2.75) is 13.1 Å². The average molecular weight is 322 g/mol. The first-order chi connectivity index (χ1) is 8.27. The third-order valence-electron chi connectivity index (χ3n) is 2.82. The van der Waals surface area contributed by atoms with Gasteiger partial charge in [0.2, 0.25) is 0 Å². The van der Waals surface area contributed by atoms with Gasteiger partial charge in [0.15, 0.2) is 0 Å². The molecule has 2 nitrogen and oxygen atoms in total. The van der Waals surface area contributed by atoms with Gasteiger partial charge in [-0.15, -0.1) is 0 Å². The number of hydrogen-bond donors (Lipinski definition) is 0. The van der Waals surface area contributed by atoms with Gasteiger partial charge in [0.05, 0.1) is 17.1 Å². The predicted octanol–water partition coefficient (Wildman–Crippen LogP) is 4.28. The van der Waals surface area contributed by atoms with Gasteiger partial charge in [-0.1, -0.05) is 0 Å². The van der Waals surface area contributed by atoms with Crippen molar-refractivity contribution in [1.82, 2.24) is 4.57 Å². The van der Waals surface area contributed by atoms with Gasteiger partial charge in [0.1, 0.15) is 11.4 Å². The van der Waals surface area contributed by atoms with E-state index in [4.69, 9.17) is 4.74 Å². The Morgan fingerprint density at radius 2 is 1.89 bits per heavy atom. The summed E-state index contributed by atoms with van der Waals surface area (Å²) in [6, 6.07) is 3.42. The summed E-state index contributed by atoms with van der Waals surface area (Å²) in [5.41, 5.74) is 0.572. The molecule has 0 atom stereocenters. The Morgan fingerprint density at radius 1 is 1.28 bits per heavy atom. The van der Waals surface area contributed by atoms with E-state index in [2.05, 4.69) is 15.9 Å². The van der Waals surface area contributed by atoms with Crippen LogP contribution in [0.5, 0.6) is 5.75 Å². The SMILES string of the molecule is COc1cc(C)cc2c(Br)c(C(F)(F)F)n(C)c12. The Balaban J connectivity index is 2.94. The fourth-order valence-corrected chi connectivity index (χ4v) is 2.91. The molecule has 2 rings (SSSR count). The molecule has 0 N–H and O–H groups in total. The van der Waals surface area contributed by atoms with Crippen LogP contribution in [0.3, 0.4) is 0 Å². The number of methoxy groups -OCH3 is 1. The molecule has 0 radical (unpaired) electrons. The molecule has 1 aromatic heterocycles. The smallest absolute Gasteiger partial charge is 0.432 e. The van der Waals surface area contributed by atoms with Crippen LogP contribution in [-0.4, -0.2) is 11.7 Å². The average Bonchev–Trinajstić information content (AvgIpc) is 2.49. The van der Waals surface area contributed by atoms with E-state index in [9.17, 15) is 13.2 Å². The summed E-state index contributed by atoms with van der Waals surface area (Å²) < 4.78 is 45.3. The highest BCUT2D eigenvalue weighted by Crippen LogP contribution is 2.43. The van der Waals surface area contributed by atoms with E-state index in [1.54, 1.807) is 12.1 Å². The van der Waals surface area contributed by atoms with Crippen LogP contribution in [0.1, 0.15) is 11.3 Å². The Bertz CT molecular complexity index is 616. The minimum absolute atomic E-state index is 0.0505.